The molecule has 3 rings (SSSR count). The summed E-state index contributed by atoms with van der Waals surface area (Å²) in [5.41, 5.74) is 0.0138. The van der Waals surface area contributed by atoms with E-state index in [1.54, 1.807) is 24.3 Å². The number of anilines is 1. The first-order chi connectivity index (χ1) is 14.3. The summed E-state index contributed by atoms with van der Waals surface area (Å²) in [5.74, 6) is -0.201. The molecule has 2 atom stereocenters. The molecule has 1 fully saturated rings. The Hall–Kier alpha value is -2.27. The van der Waals surface area contributed by atoms with Crippen molar-refractivity contribution >= 4 is 50.7 Å². The largest absolute Gasteiger partial charge is 0.497 e. The first kappa shape index (κ1) is 22.4. The molecule has 0 aliphatic carbocycles. The van der Waals surface area contributed by atoms with Crippen molar-refractivity contribution in [3.63, 3.8) is 0 Å². The molecule has 2 aromatic rings. The van der Waals surface area contributed by atoms with Crippen LogP contribution in [0.3, 0.4) is 0 Å². The molecule has 3 N–H and O–H groups in total. The Balaban J connectivity index is 1.53. The normalized spacial score (nSPS) is 19.1. The van der Waals surface area contributed by atoms with Gasteiger partial charge in [-0.25, -0.2) is 8.42 Å². The van der Waals surface area contributed by atoms with Gasteiger partial charge in [0.1, 0.15) is 11.2 Å². The van der Waals surface area contributed by atoms with Crippen LogP contribution in [-0.2, 0) is 19.4 Å². The van der Waals surface area contributed by atoms with Crippen molar-refractivity contribution in [3.05, 3.63) is 53.6 Å². The minimum absolute atomic E-state index is 0.0256. The third-order valence-corrected chi connectivity index (χ3v) is 7.66. The Morgan fingerprint density at radius 2 is 2.00 bits per heavy atom. The molecule has 0 bridgehead atoms. The lowest BCUT2D eigenvalue weighted by Crippen LogP contribution is -2.59. The van der Waals surface area contributed by atoms with Gasteiger partial charge in [0.25, 0.3) is 0 Å². The highest BCUT2D eigenvalue weighted by molar-refractivity contribution is 8.00. The molecule has 160 valence electrons. The van der Waals surface area contributed by atoms with Gasteiger partial charge in [-0.15, -0.1) is 11.8 Å². The van der Waals surface area contributed by atoms with E-state index in [2.05, 4.69) is 16.0 Å². The number of carbonyl (C=O) groups excluding carboxylic acids is 2. The van der Waals surface area contributed by atoms with Gasteiger partial charge in [0, 0.05) is 23.3 Å². The lowest BCUT2D eigenvalue weighted by atomic mass is 10.3. The molecule has 2 amide bonds. The molecular weight excluding hydrogens is 450 g/mol. The van der Waals surface area contributed by atoms with E-state index in [1.165, 1.54) is 31.4 Å². The van der Waals surface area contributed by atoms with Crippen molar-refractivity contribution in [3.8, 4) is 5.75 Å². The molecule has 11 heteroatoms. The molecule has 1 aliphatic rings. The van der Waals surface area contributed by atoms with Crippen LogP contribution < -0.4 is 20.7 Å². The summed E-state index contributed by atoms with van der Waals surface area (Å²) in [6, 6.07) is 12.6. The zero-order chi connectivity index (χ0) is 21.7. The van der Waals surface area contributed by atoms with Crippen LogP contribution in [0.2, 0.25) is 5.02 Å². The first-order valence-electron chi connectivity index (χ1n) is 8.88. The number of halogens is 1. The fraction of sp³-hybridized carbons (Fsp3) is 0.263. The van der Waals surface area contributed by atoms with Crippen molar-refractivity contribution in [2.45, 2.75) is 15.6 Å². The lowest BCUT2D eigenvalue weighted by molar-refractivity contribution is -0.122. The molecule has 0 saturated carbocycles. The van der Waals surface area contributed by atoms with Gasteiger partial charge in [-0.1, -0.05) is 17.7 Å². The Labute approximate surface area is 183 Å². The van der Waals surface area contributed by atoms with Gasteiger partial charge in [-0.3, -0.25) is 14.9 Å². The summed E-state index contributed by atoms with van der Waals surface area (Å²) in [5, 5.41) is 7.43. The number of benzene rings is 2. The fourth-order valence-corrected chi connectivity index (χ4v) is 5.22. The monoisotopic (exact) mass is 469 g/mol. The minimum Gasteiger partial charge on any atom is -0.497 e. The summed E-state index contributed by atoms with van der Waals surface area (Å²) in [6.07, 6.45) is 0. The van der Waals surface area contributed by atoms with Crippen LogP contribution >= 0.6 is 23.4 Å². The standard InChI is InChI=1S/C19H20ClN3O5S2/c1-28-14-4-2-3-13(9-14)22-17(24)11-29-19-21-10-16(18(25)23-19)30(26,27)15-7-5-12(20)6-8-15/h2-9,16,19,21H,10-11H2,1H3,(H,22,24)(H,23,25). The Kier molecular flexibility index (Phi) is 7.24. The maximum atomic E-state index is 12.7. The molecule has 1 aliphatic heterocycles. The highest BCUT2D eigenvalue weighted by Crippen LogP contribution is 2.22. The number of sulfone groups is 1. The van der Waals surface area contributed by atoms with Crippen LogP contribution in [0.1, 0.15) is 0 Å². The topological polar surface area (TPSA) is 114 Å². The second-order valence-electron chi connectivity index (χ2n) is 6.38. The summed E-state index contributed by atoms with van der Waals surface area (Å²) in [4.78, 5) is 24.6. The molecule has 1 saturated heterocycles. The third-order valence-electron chi connectivity index (χ3n) is 4.31. The highest BCUT2D eigenvalue weighted by Gasteiger charge is 2.38. The number of thioether (sulfide) groups is 1. The van der Waals surface area contributed by atoms with Gasteiger partial charge in [-0.05, 0) is 36.4 Å². The molecule has 2 aromatic carbocycles. The van der Waals surface area contributed by atoms with Gasteiger partial charge in [-0.2, -0.15) is 0 Å². The molecule has 0 radical (unpaired) electrons. The maximum absolute atomic E-state index is 12.7. The highest BCUT2D eigenvalue weighted by atomic mass is 35.5. The summed E-state index contributed by atoms with van der Waals surface area (Å²) >= 11 is 6.94. The molecule has 8 nitrogen and oxygen atoms in total. The predicted molar refractivity (Wildman–Crippen MR) is 116 cm³/mol. The Bertz CT molecular complexity index is 1030. The third kappa shape index (κ3) is 5.45. The van der Waals surface area contributed by atoms with Gasteiger partial charge >= 0.3 is 0 Å². The van der Waals surface area contributed by atoms with Gasteiger partial charge in [0.2, 0.25) is 11.8 Å². The zero-order valence-electron chi connectivity index (χ0n) is 15.9. The van der Waals surface area contributed by atoms with Crippen LogP contribution in [0.25, 0.3) is 0 Å². The van der Waals surface area contributed by atoms with Crippen LogP contribution in [0.15, 0.2) is 53.4 Å². The summed E-state index contributed by atoms with van der Waals surface area (Å²) in [7, 11) is -2.33. The van der Waals surface area contributed by atoms with E-state index >= 15 is 0 Å². The second-order valence-corrected chi connectivity index (χ2v) is 10.0. The van der Waals surface area contributed by atoms with Gasteiger partial charge in [0.05, 0.1) is 17.8 Å². The van der Waals surface area contributed by atoms with Crippen molar-refractivity contribution in [2.75, 3.05) is 24.7 Å². The van der Waals surface area contributed by atoms with Crippen LogP contribution in [0, 0.1) is 0 Å². The van der Waals surface area contributed by atoms with E-state index in [1.807, 2.05) is 0 Å². The zero-order valence-corrected chi connectivity index (χ0v) is 18.3. The number of rotatable bonds is 7. The molecular formula is C19H20ClN3O5S2. The molecule has 0 aromatic heterocycles. The van der Waals surface area contributed by atoms with E-state index in [0.717, 1.165) is 11.8 Å². The molecule has 2 unspecified atom stereocenters. The van der Waals surface area contributed by atoms with E-state index in [4.69, 9.17) is 16.3 Å². The number of carbonyl (C=O) groups is 2. The van der Waals surface area contributed by atoms with Crippen LogP contribution in [0.4, 0.5) is 5.69 Å². The SMILES string of the molecule is COc1cccc(NC(=O)CSC2NCC(S(=O)(=O)c3ccc(Cl)cc3)C(=O)N2)c1. The Morgan fingerprint density at radius 1 is 1.27 bits per heavy atom. The predicted octanol–water partition coefficient (Wildman–Crippen LogP) is 1.87. The number of nitrogens with one attached hydrogen (secondary N) is 3. The summed E-state index contributed by atoms with van der Waals surface area (Å²) in [6.45, 7) is -0.0635. The molecule has 1 heterocycles. The van der Waals surface area contributed by atoms with E-state index in [9.17, 15) is 18.0 Å². The van der Waals surface area contributed by atoms with Crippen LogP contribution in [0.5, 0.6) is 5.75 Å². The quantitative estimate of drug-likeness (QED) is 0.567. The summed E-state index contributed by atoms with van der Waals surface area (Å²) < 4.78 is 30.5. The van der Waals surface area contributed by atoms with Crippen molar-refractivity contribution < 1.29 is 22.7 Å². The average molecular weight is 470 g/mol. The van der Waals surface area contributed by atoms with Gasteiger partial charge < -0.3 is 15.4 Å². The molecule has 30 heavy (non-hydrogen) atoms. The van der Waals surface area contributed by atoms with E-state index in [-0.39, 0.29) is 23.1 Å². The first-order valence-corrected chi connectivity index (χ1v) is 11.9. The van der Waals surface area contributed by atoms with E-state index in [0.29, 0.717) is 16.5 Å². The average Bonchev–Trinajstić information content (AvgIpc) is 2.72. The fourth-order valence-electron chi connectivity index (χ4n) is 2.78. The minimum atomic E-state index is -3.86. The number of methoxy groups -OCH3 is 1. The second kappa shape index (κ2) is 9.69. The lowest BCUT2D eigenvalue weighted by Gasteiger charge is -2.29. The Morgan fingerprint density at radius 3 is 2.67 bits per heavy atom. The smallest absolute Gasteiger partial charge is 0.241 e. The van der Waals surface area contributed by atoms with Crippen molar-refractivity contribution in [1.82, 2.24) is 10.6 Å². The van der Waals surface area contributed by atoms with E-state index < -0.39 is 26.5 Å². The van der Waals surface area contributed by atoms with Crippen molar-refractivity contribution in [1.29, 1.82) is 0 Å². The number of ether oxygens (including phenoxy) is 1. The number of hydrogen-bond acceptors (Lipinski definition) is 7. The number of amides is 2. The number of hydrogen-bond donors (Lipinski definition) is 3. The molecule has 0 spiro atoms. The van der Waals surface area contributed by atoms with Gasteiger partial charge in [0.15, 0.2) is 15.1 Å². The van der Waals surface area contributed by atoms with Crippen LogP contribution in [-0.4, -0.2) is 50.4 Å². The van der Waals surface area contributed by atoms with Crippen molar-refractivity contribution in [2.24, 2.45) is 0 Å². The maximum Gasteiger partial charge on any atom is 0.241 e.